The summed E-state index contributed by atoms with van der Waals surface area (Å²) in [6, 6.07) is 6.44. The minimum Gasteiger partial charge on any atom is -0.378 e. The quantitative estimate of drug-likeness (QED) is 0.663. The van der Waals surface area contributed by atoms with Gasteiger partial charge in [0.05, 0.1) is 10.5 Å². The zero-order valence-electron chi connectivity index (χ0n) is 12.7. The molecule has 0 bridgehead atoms. The average Bonchev–Trinajstić information content (AvgIpc) is 3.30. The second kappa shape index (κ2) is 6.24. The first-order valence-electron chi connectivity index (χ1n) is 7.80. The first-order chi connectivity index (χ1) is 11.1. The van der Waals surface area contributed by atoms with Gasteiger partial charge >= 0.3 is 0 Å². The Hall–Kier alpha value is -2.62. The molecule has 1 heterocycles. The zero-order chi connectivity index (χ0) is 16.4. The van der Waals surface area contributed by atoms with E-state index in [0.29, 0.717) is 13.1 Å². The Morgan fingerprint density at radius 2 is 2.22 bits per heavy atom. The molecule has 3 rings (SSSR count). The van der Waals surface area contributed by atoms with Gasteiger partial charge in [0.2, 0.25) is 5.91 Å². The van der Waals surface area contributed by atoms with Crippen LogP contribution in [0.3, 0.4) is 0 Å². The van der Waals surface area contributed by atoms with Gasteiger partial charge in [-0.1, -0.05) is 6.07 Å². The number of carbonyl (C=O) groups is 1. The molecule has 7 heteroatoms. The molecule has 2 aliphatic rings. The van der Waals surface area contributed by atoms with Crippen molar-refractivity contribution in [3.8, 4) is 6.07 Å². The molecule has 0 radical (unpaired) electrons. The number of nitrogens with zero attached hydrogens (tertiary/aromatic N) is 3. The Balaban J connectivity index is 1.64. The molecule has 7 nitrogen and oxygen atoms in total. The first-order valence-corrected chi connectivity index (χ1v) is 7.80. The van der Waals surface area contributed by atoms with E-state index in [-0.39, 0.29) is 34.7 Å². The number of anilines is 1. The SMILES string of the molecule is N#Cc1cccc([N+](=O)[O-])c1NCC1CCN(C(=O)C2CC2)C1. The number of nitriles is 1. The van der Waals surface area contributed by atoms with Crippen molar-refractivity contribution < 1.29 is 9.72 Å². The summed E-state index contributed by atoms with van der Waals surface area (Å²) in [6.45, 7) is 1.96. The van der Waals surface area contributed by atoms with E-state index < -0.39 is 4.92 Å². The number of rotatable bonds is 5. The predicted molar refractivity (Wildman–Crippen MR) is 83.7 cm³/mol. The predicted octanol–water partition coefficient (Wildman–Crippen LogP) is 2.14. The van der Waals surface area contributed by atoms with E-state index in [1.807, 2.05) is 11.0 Å². The Labute approximate surface area is 134 Å². The summed E-state index contributed by atoms with van der Waals surface area (Å²) in [5.41, 5.74) is 0.447. The standard InChI is InChI=1S/C16H18N4O3/c17-8-13-2-1-3-14(20(22)23)15(13)18-9-11-6-7-19(10-11)16(21)12-4-5-12/h1-3,11-12,18H,4-7,9-10H2. The number of amides is 1. The van der Waals surface area contributed by atoms with E-state index >= 15 is 0 Å². The molecule has 1 saturated carbocycles. The van der Waals surface area contributed by atoms with Crippen LogP contribution in [0.15, 0.2) is 18.2 Å². The molecule has 23 heavy (non-hydrogen) atoms. The number of para-hydroxylation sites is 1. The van der Waals surface area contributed by atoms with Crippen LogP contribution in [0.2, 0.25) is 0 Å². The third-order valence-corrected chi connectivity index (χ3v) is 4.45. The molecule has 1 N–H and O–H groups in total. The van der Waals surface area contributed by atoms with E-state index in [0.717, 1.165) is 25.8 Å². The number of hydrogen-bond acceptors (Lipinski definition) is 5. The van der Waals surface area contributed by atoms with Crippen LogP contribution in [-0.4, -0.2) is 35.4 Å². The number of nitro benzene ring substituents is 1. The molecule has 0 spiro atoms. The molecule has 1 saturated heterocycles. The second-order valence-electron chi connectivity index (χ2n) is 6.16. The Kier molecular flexibility index (Phi) is 4.15. The monoisotopic (exact) mass is 314 g/mol. The van der Waals surface area contributed by atoms with Crippen molar-refractivity contribution in [2.24, 2.45) is 11.8 Å². The van der Waals surface area contributed by atoms with Crippen molar-refractivity contribution in [2.75, 3.05) is 25.0 Å². The highest BCUT2D eigenvalue weighted by Gasteiger charge is 2.36. The van der Waals surface area contributed by atoms with Gasteiger partial charge in [-0.15, -0.1) is 0 Å². The summed E-state index contributed by atoms with van der Waals surface area (Å²) in [6.07, 6.45) is 2.88. The normalized spacial score (nSPS) is 20.1. The van der Waals surface area contributed by atoms with Crippen molar-refractivity contribution in [3.05, 3.63) is 33.9 Å². The second-order valence-corrected chi connectivity index (χ2v) is 6.16. The van der Waals surface area contributed by atoms with Crippen molar-refractivity contribution in [3.63, 3.8) is 0 Å². The van der Waals surface area contributed by atoms with Crippen molar-refractivity contribution >= 4 is 17.3 Å². The summed E-state index contributed by atoms with van der Waals surface area (Å²) in [7, 11) is 0. The maximum absolute atomic E-state index is 12.0. The first kappa shape index (κ1) is 15.3. The highest BCUT2D eigenvalue weighted by Crippen LogP contribution is 2.33. The van der Waals surface area contributed by atoms with E-state index in [1.54, 1.807) is 6.07 Å². The summed E-state index contributed by atoms with van der Waals surface area (Å²) in [5.74, 6) is 0.724. The summed E-state index contributed by atoms with van der Waals surface area (Å²) in [5, 5.41) is 23.3. The minimum atomic E-state index is -0.485. The van der Waals surface area contributed by atoms with Gasteiger partial charge in [0.15, 0.2) is 0 Å². The number of carbonyl (C=O) groups excluding carboxylic acids is 1. The summed E-state index contributed by atoms with van der Waals surface area (Å²) >= 11 is 0. The van der Waals surface area contributed by atoms with Crippen molar-refractivity contribution in [1.82, 2.24) is 4.90 Å². The molecule has 0 aromatic heterocycles. The van der Waals surface area contributed by atoms with Gasteiger partial charge in [-0.25, -0.2) is 0 Å². The molecule has 1 aromatic carbocycles. The highest BCUT2D eigenvalue weighted by molar-refractivity contribution is 5.81. The largest absolute Gasteiger partial charge is 0.378 e. The lowest BCUT2D eigenvalue weighted by Crippen LogP contribution is -2.30. The van der Waals surface area contributed by atoms with Gasteiger partial charge in [-0.3, -0.25) is 14.9 Å². The smallest absolute Gasteiger partial charge is 0.293 e. The molecule has 1 aliphatic heterocycles. The lowest BCUT2D eigenvalue weighted by molar-refractivity contribution is -0.384. The van der Waals surface area contributed by atoms with E-state index in [1.165, 1.54) is 12.1 Å². The fraction of sp³-hybridized carbons (Fsp3) is 0.500. The number of nitrogens with one attached hydrogen (secondary N) is 1. The van der Waals surface area contributed by atoms with Gasteiger partial charge in [0.1, 0.15) is 11.8 Å². The van der Waals surface area contributed by atoms with Gasteiger partial charge in [0.25, 0.3) is 5.69 Å². The van der Waals surface area contributed by atoms with Gasteiger partial charge in [-0.05, 0) is 31.2 Å². The Morgan fingerprint density at radius 1 is 1.43 bits per heavy atom. The molecule has 1 amide bonds. The topological polar surface area (TPSA) is 99.3 Å². The van der Waals surface area contributed by atoms with Crippen LogP contribution in [0.4, 0.5) is 11.4 Å². The van der Waals surface area contributed by atoms with E-state index in [2.05, 4.69) is 5.32 Å². The molecule has 2 fully saturated rings. The van der Waals surface area contributed by atoms with Gasteiger partial charge in [-0.2, -0.15) is 5.26 Å². The maximum Gasteiger partial charge on any atom is 0.293 e. The van der Waals surface area contributed by atoms with E-state index in [9.17, 15) is 14.9 Å². The minimum absolute atomic E-state index is 0.0899. The molecule has 120 valence electrons. The third kappa shape index (κ3) is 3.26. The summed E-state index contributed by atoms with van der Waals surface area (Å²) < 4.78 is 0. The molecular formula is C16H18N4O3. The fourth-order valence-corrected chi connectivity index (χ4v) is 3.01. The van der Waals surface area contributed by atoms with Crippen LogP contribution in [0.5, 0.6) is 0 Å². The van der Waals surface area contributed by atoms with Crippen LogP contribution in [0, 0.1) is 33.3 Å². The van der Waals surface area contributed by atoms with Crippen LogP contribution >= 0.6 is 0 Å². The summed E-state index contributed by atoms with van der Waals surface area (Å²) in [4.78, 5) is 24.6. The Morgan fingerprint density at radius 3 is 2.87 bits per heavy atom. The fourth-order valence-electron chi connectivity index (χ4n) is 3.01. The number of nitro groups is 1. The van der Waals surface area contributed by atoms with Crippen LogP contribution < -0.4 is 5.32 Å². The number of benzene rings is 1. The molecule has 1 aromatic rings. The number of likely N-dealkylation sites (tertiary alicyclic amines) is 1. The van der Waals surface area contributed by atoms with Crippen LogP contribution in [0.1, 0.15) is 24.8 Å². The van der Waals surface area contributed by atoms with Crippen LogP contribution in [-0.2, 0) is 4.79 Å². The average molecular weight is 314 g/mol. The number of hydrogen-bond donors (Lipinski definition) is 1. The molecular weight excluding hydrogens is 296 g/mol. The Bertz CT molecular complexity index is 678. The van der Waals surface area contributed by atoms with Crippen molar-refractivity contribution in [2.45, 2.75) is 19.3 Å². The van der Waals surface area contributed by atoms with Gasteiger partial charge < -0.3 is 10.2 Å². The third-order valence-electron chi connectivity index (χ3n) is 4.45. The maximum atomic E-state index is 12.0. The van der Waals surface area contributed by atoms with Gasteiger partial charge in [0, 0.05) is 31.6 Å². The van der Waals surface area contributed by atoms with Crippen LogP contribution in [0.25, 0.3) is 0 Å². The highest BCUT2D eigenvalue weighted by atomic mass is 16.6. The lowest BCUT2D eigenvalue weighted by atomic mass is 10.1. The molecule has 1 aliphatic carbocycles. The molecule has 1 atom stereocenters. The van der Waals surface area contributed by atoms with Crippen molar-refractivity contribution in [1.29, 1.82) is 5.26 Å². The molecule has 1 unspecified atom stereocenters. The van der Waals surface area contributed by atoms with E-state index in [4.69, 9.17) is 5.26 Å². The zero-order valence-corrected chi connectivity index (χ0v) is 12.7. The lowest BCUT2D eigenvalue weighted by Gasteiger charge is -2.17.